The molecule has 18 heavy (non-hydrogen) atoms. The fourth-order valence-electron chi connectivity index (χ4n) is 2.79. The third kappa shape index (κ3) is 1.79. The Morgan fingerprint density at radius 1 is 1.50 bits per heavy atom. The highest BCUT2D eigenvalue weighted by atomic mass is 19.1. The number of fused-ring (bicyclic) bond motifs is 1. The van der Waals surface area contributed by atoms with Crippen LogP contribution in [0.15, 0.2) is 24.3 Å². The molecule has 1 aromatic carbocycles. The van der Waals surface area contributed by atoms with E-state index in [2.05, 4.69) is 5.32 Å². The molecule has 1 heterocycles. The lowest BCUT2D eigenvalue weighted by atomic mass is 9.72. The third-order valence-electron chi connectivity index (χ3n) is 3.83. The first kappa shape index (κ1) is 11.6. The van der Waals surface area contributed by atoms with Gasteiger partial charge in [-0.05, 0) is 24.6 Å². The van der Waals surface area contributed by atoms with Gasteiger partial charge in [-0.15, -0.1) is 0 Å². The van der Waals surface area contributed by atoms with Crippen molar-refractivity contribution in [3.05, 3.63) is 35.6 Å². The van der Waals surface area contributed by atoms with E-state index in [0.29, 0.717) is 18.1 Å². The molecule has 4 nitrogen and oxygen atoms in total. The van der Waals surface area contributed by atoms with Crippen molar-refractivity contribution in [2.24, 2.45) is 11.7 Å². The van der Waals surface area contributed by atoms with Crippen molar-refractivity contribution >= 4 is 5.91 Å². The SMILES string of the molecule is NC1C2CCOC2C1NC(=O)c1cccc(F)c1. The van der Waals surface area contributed by atoms with E-state index in [1.807, 2.05) is 0 Å². The minimum atomic E-state index is -0.421. The Morgan fingerprint density at radius 3 is 3.11 bits per heavy atom. The second-order valence-electron chi connectivity index (χ2n) is 4.87. The zero-order chi connectivity index (χ0) is 12.7. The summed E-state index contributed by atoms with van der Waals surface area (Å²) in [5, 5.41) is 2.83. The van der Waals surface area contributed by atoms with Crippen molar-refractivity contribution in [3.63, 3.8) is 0 Å². The molecule has 4 atom stereocenters. The molecule has 2 aliphatic rings. The summed E-state index contributed by atoms with van der Waals surface area (Å²) in [6.45, 7) is 0.704. The molecule has 0 radical (unpaired) electrons. The summed E-state index contributed by atoms with van der Waals surface area (Å²) in [7, 11) is 0. The first-order valence-corrected chi connectivity index (χ1v) is 6.10. The summed E-state index contributed by atoms with van der Waals surface area (Å²) in [5.74, 6) is -0.373. The topological polar surface area (TPSA) is 64.3 Å². The molecule has 1 aliphatic carbocycles. The molecule has 1 saturated heterocycles. The largest absolute Gasteiger partial charge is 0.376 e. The molecule has 0 spiro atoms. The van der Waals surface area contributed by atoms with Gasteiger partial charge in [-0.1, -0.05) is 6.07 Å². The number of ether oxygens (including phenoxy) is 1. The number of nitrogens with one attached hydrogen (secondary N) is 1. The van der Waals surface area contributed by atoms with E-state index in [-0.39, 0.29) is 24.1 Å². The Hall–Kier alpha value is -1.46. The summed E-state index contributed by atoms with van der Waals surface area (Å²) < 4.78 is 18.5. The minimum Gasteiger partial charge on any atom is -0.376 e. The standard InChI is InChI=1S/C13H15FN2O2/c14-8-3-1-2-7(6-8)13(17)16-11-10(15)9-4-5-18-12(9)11/h1-3,6,9-12H,4-5,15H2,(H,16,17). The Labute approximate surface area is 104 Å². The first-order chi connectivity index (χ1) is 8.66. The van der Waals surface area contributed by atoms with Gasteiger partial charge in [0, 0.05) is 24.1 Å². The molecule has 3 N–H and O–H groups in total. The van der Waals surface area contributed by atoms with Crippen LogP contribution < -0.4 is 11.1 Å². The molecule has 1 amide bonds. The van der Waals surface area contributed by atoms with Crippen LogP contribution in [0.25, 0.3) is 0 Å². The van der Waals surface area contributed by atoms with Crippen LogP contribution in [0.5, 0.6) is 0 Å². The first-order valence-electron chi connectivity index (χ1n) is 6.10. The predicted molar refractivity (Wildman–Crippen MR) is 63.5 cm³/mol. The number of carbonyl (C=O) groups is 1. The number of carbonyl (C=O) groups excluding carboxylic acids is 1. The molecule has 0 aromatic heterocycles. The maximum Gasteiger partial charge on any atom is 0.251 e. The average Bonchev–Trinajstić information content (AvgIpc) is 2.80. The third-order valence-corrected chi connectivity index (χ3v) is 3.83. The van der Waals surface area contributed by atoms with Gasteiger partial charge in [0.1, 0.15) is 5.82 Å². The zero-order valence-electron chi connectivity index (χ0n) is 9.80. The van der Waals surface area contributed by atoms with E-state index >= 15 is 0 Å². The molecular formula is C13H15FN2O2. The van der Waals surface area contributed by atoms with E-state index < -0.39 is 5.82 Å². The van der Waals surface area contributed by atoms with Gasteiger partial charge in [-0.3, -0.25) is 4.79 Å². The van der Waals surface area contributed by atoms with E-state index in [0.717, 1.165) is 6.42 Å². The predicted octanol–water partition coefficient (Wildman–Crippen LogP) is 0.670. The highest BCUT2D eigenvalue weighted by molar-refractivity contribution is 5.94. The number of halogens is 1. The molecule has 2 fully saturated rings. The highest BCUT2D eigenvalue weighted by Crippen LogP contribution is 2.37. The second-order valence-corrected chi connectivity index (χ2v) is 4.87. The smallest absolute Gasteiger partial charge is 0.251 e. The zero-order valence-corrected chi connectivity index (χ0v) is 9.80. The van der Waals surface area contributed by atoms with Gasteiger partial charge in [-0.25, -0.2) is 4.39 Å². The van der Waals surface area contributed by atoms with Gasteiger partial charge >= 0.3 is 0 Å². The van der Waals surface area contributed by atoms with Crippen LogP contribution in [0, 0.1) is 11.7 Å². The number of rotatable bonds is 2. The molecule has 3 rings (SSSR count). The van der Waals surface area contributed by atoms with Crippen LogP contribution in [0.1, 0.15) is 16.8 Å². The van der Waals surface area contributed by atoms with Gasteiger partial charge in [-0.2, -0.15) is 0 Å². The van der Waals surface area contributed by atoms with Crippen molar-refractivity contribution in [2.75, 3.05) is 6.61 Å². The number of amides is 1. The van der Waals surface area contributed by atoms with Crippen LogP contribution in [-0.4, -0.2) is 30.7 Å². The van der Waals surface area contributed by atoms with Crippen LogP contribution in [-0.2, 0) is 4.74 Å². The van der Waals surface area contributed by atoms with Crippen molar-refractivity contribution < 1.29 is 13.9 Å². The van der Waals surface area contributed by atoms with Gasteiger partial charge < -0.3 is 15.8 Å². The molecule has 1 saturated carbocycles. The summed E-state index contributed by atoms with van der Waals surface area (Å²) in [4.78, 5) is 11.9. The van der Waals surface area contributed by atoms with Gasteiger partial charge in [0.25, 0.3) is 5.91 Å². The number of hydrogen-bond donors (Lipinski definition) is 2. The second kappa shape index (κ2) is 4.33. The lowest BCUT2D eigenvalue weighted by molar-refractivity contribution is -0.0161. The lowest BCUT2D eigenvalue weighted by Gasteiger charge is -2.45. The quantitative estimate of drug-likeness (QED) is 0.811. The molecule has 96 valence electrons. The molecule has 0 bridgehead atoms. The minimum absolute atomic E-state index is 0.0255. The molecule has 4 unspecified atom stereocenters. The molecule has 5 heteroatoms. The molecular weight excluding hydrogens is 235 g/mol. The summed E-state index contributed by atoms with van der Waals surface area (Å²) >= 11 is 0. The monoisotopic (exact) mass is 250 g/mol. The van der Waals surface area contributed by atoms with Crippen molar-refractivity contribution in [1.82, 2.24) is 5.32 Å². The van der Waals surface area contributed by atoms with Crippen LogP contribution in [0.3, 0.4) is 0 Å². The summed E-state index contributed by atoms with van der Waals surface area (Å²) in [5.41, 5.74) is 6.30. The Kier molecular flexibility index (Phi) is 2.80. The van der Waals surface area contributed by atoms with E-state index in [4.69, 9.17) is 10.5 Å². The summed E-state index contributed by atoms with van der Waals surface area (Å²) in [6, 6.07) is 5.40. The fourth-order valence-corrected chi connectivity index (χ4v) is 2.79. The van der Waals surface area contributed by atoms with E-state index in [1.54, 1.807) is 6.07 Å². The Balaban J connectivity index is 1.68. The van der Waals surface area contributed by atoms with E-state index in [1.165, 1.54) is 18.2 Å². The normalized spacial score (nSPS) is 33.7. The summed E-state index contributed by atoms with van der Waals surface area (Å²) in [6.07, 6.45) is 0.982. The average molecular weight is 250 g/mol. The molecule has 1 aromatic rings. The maximum absolute atomic E-state index is 13.0. The number of hydrogen-bond acceptors (Lipinski definition) is 3. The number of nitrogens with two attached hydrogens (primary N) is 1. The van der Waals surface area contributed by atoms with Gasteiger partial charge in [0.2, 0.25) is 0 Å². The maximum atomic E-state index is 13.0. The Morgan fingerprint density at radius 2 is 2.33 bits per heavy atom. The lowest BCUT2D eigenvalue weighted by Crippen LogP contribution is -2.68. The highest BCUT2D eigenvalue weighted by Gasteiger charge is 2.52. The number of benzene rings is 1. The van der Waals surface area contributed by atoms with Crippen LogP contribution >= 0.6 is 0 Å². The Bertz CT molecular complexity index is 480. The van der Waals surface area contributed by atoms with Crippen molar-refractivity contribution in [2.45, 2.75) is 24.6 Å². The fraction of sp³-hybridized carbons (Fsp3) is 0.462. The van der Waals surface area contributed by atoms with Crippen molar-refractivity contribution in [3.8, 4) is 0 Å². The van der Waals surface area contributed by atoms with Crippen molar-refractivity contribution in [1.29, 1.82) is 0 Å². The molecule has 1 aliphatic heterocycles. The van der Waals surface area contributed by atoms with Gasteiger partial charge in [0.05, 0.1) is 12.1 Å². The van der Waals surface area contributed by atoms with Gasteiger partial charge in [0.15, 0.2) is 0 Å². The van der Waals surface area contributed by atoms with Crippen LogP contribution in [0.4, 0.5) is 4.39 Å². The van der Waals surface area contributed by atoms with E-state index in [9.17, 15) is 9.18 Å². The van der Waals surface area contributed by atoms with Crippen LogP contribution in [0.2, 0.25) is 0 Å².